The number of thiazole rings is 1. The van der Waals surface area contributed by atoms with Gasteiger partial charge in [0.1, 0.15) is 0 Å². The maximum absolute atomic E-state index is 4.84. The topological polar surface area (TPSA) is 24.9 Å². The van der Waals surface area contributed by atoms with Crippen LogP contribution in [0.3, 0.4) is 0 Å². The van der Waals surface area contributed by atoms with Crippen LogP contribution in [0.5, 0.6) is 0 Å². The summed E-state index contributed by atoms with van der Waals surface area (Å²) in [7, 11) is 0. The van der Waals surface area contributed by atoms with Crippen molar-refractivity contribution in [3.63, 3.8) is 0 Å². The predicted octanol–water partition coefficient (Wildman–Crippen LogP) is 3.68. The molecule has 2 unspecified atom stereocenters. The molecule has 1 aromatic heterocycles. The van der Waals surface area contributed by atoms with E-state index in [9.17, 15) is 0 Å². The molecule has 3 heterocycles. The third-order valence-corrected chi connectivity index (χ3v) is 5.68. The van der Waals surface area contributed by atoms with Crippen molar-refractivity contribution >= 4 is 21.6 Å². The van der Waals surface area contributed by atoms with Gasteiger partial charge < -0.3 is 5.32 Å². The smallest absolute Gasteiger partial charge is 0.0941 e. The maximum atomic E-state index is 4.84. The molecule has 2 aromatic rings. The molecule has 0 amide bonds. The van der Waals surface area contributed by atoms with Gasteiger partial charge in [0.15, 0.2) is 0 Å². The number of nitrogens with one attached hydrogen (secondary N) is 1. The summed E-state index contributed by atoms with van der Waals surface area (Å²) in [6, 6.07) is 8.20. The van der Waals surface area contributed by atoms with E-state index in [1.54, 1.807) is 0 Å². The Morgan fingerprint density at radius 2 is 2.05 bits per heavy atom. The molecule has 0 saturated carbocycles. The lowest BCUT2D eigenvalue weighted by Gasteiger charge is -2.28. The molecule has 0 radical (unpaired) electrons. The Balaban J connectivity index is 1.54. The minimum absolute atomic E-state index is 0.792. The predicted molar refractivity (Wildman–Crippen MR) is 80.7 cm³/mol. The Morgan fingerprint density at radius 3 is 2.84 bits per heavy atom. The lowest BCUT2D eigenvalue weighted by atomic mass is 9.90. The van der Waals surface area contributed by atoms with Crippen LogP contribution in [-0.4, -0.2) is 17.1 Å². The van der Waals surface area contributed by atoms with Gasteiger partial charge in [0.25, 0.3) is 0 Å². The van der Waals surface area contributed by atoms with Crippen molar-refractivity contribution in [2.75, 3.05) is 0 Å². The van der Waals surface area contributed by atoms with Gasteiger partial charge in [-0.1, -0.05) is 6.07 Å². The van der Waals surface area contributed by atoms with Crippen molar-refractivity contribution in [3.05, 3.63) is 28.8 Å². The fourth-order valence-electron chi connectivity index (χ4n) is 3.76. The zero-order chi connectivity index (χ0) is 12.8. The zero-order valence-corrected chi connectivity index (χ0v) is 12.2. The minimum Gasteiger partial charge on any atom is -0.311 e. The molecule has 1 N–H and O–H groups in total. The molecule has 2 aliphatic rings. The fourth-order valence-corrected chi connectivity index (χ4v) is 4.82. The first-order chi connectivity index (χ1) is 9.26. The summed E-state index contributed by atoms with van der Waals surface area (Å²) < 4.78 is 1.34. The van der Waals surface area contributed by atoms with Crippen LogP contribution in [0.25, 0.3) is 10.2 Å². The highest BCUT2D eigenvalue weighted by Crippen LogP contribution is 2.34. The SMILES string of the molecule is Cc1ccc2sc(CC3CC4CCC(C3)N4)nc2c1. The molecule has 19 heavy (non-hydrogen) atoms. The highest BCUT2D eigenvalue weighted by molar-refractivity contribution is 7.18. The highest BCUT2D eigenvalue weighted by Gasteiger charge is 2.33. The molecule has 0 spiro atoms. The second-order valence-electron chi connectivity index (χ2n) is 6.26. The quantitative estimate of drug-likeness (QED) is 0.902. The largest absolute Gasteiger partial charge is 0.311 e. The Morgan fingerprint density at radius 1 is 1.26 bits per heavy atom. The lowest BCUT2D eigenvalue weighted by molar-refractivity contribution is 0.298. The number of hydrogen-bond acceptors (Lipinski definition) is 3. The maximum Gasteiger partial charge on any atom is 0.0941 e. The van der Waals surface area contributed by atoms with Gasteiger partial charge >= 0.3 is 0 Å². The first-order valence-corrected chi connectivity index (χ1v) is 8.20. The van der Waals surface area contributed by atoms with E-state index in [1.165, 1.54) is 52.9 Å². The average Bonchev–Trinajstić information content (AvgIpc) is 2.92. The van der Waals surface area contributed by atoms with E-state index >= 15 is 0 Å². The molecule has 3 heteroatoms. The van der Waals surface area contributed by atoms with Crippen LogP contribution in [0.1, 0.15) is 36.3 Å². The van der Waals surface area contributed by atoms with Crippen LogP contribution < -0.4 is 5.32 Å². The van der Waals surface area contributed by atoms with Gasteiger partial charge in [-0.25, -0.2) is 4.98 Å². The van der Waals surface area contributed by atoms with Crippen molar-refractivity contribution in [2.45, 2.75) is 51.1 Å². The van der Waals surface area contributed by atoms with Crippen molar-refractivity contribution < 1.29 is 0 Å². The number of aromatic nitrogens is 1. The minimum atomic E-state index is 0.792. The Bertz CT molecular complexity index is 592. The van der Waals surface area contributed by atoms with Crippen LogP contribution in [0.2, 0.25) is 0 Å². The van der Waals surface area contributed by atoms with Crippen LogP contribution in [0.15, 0.2) is 18.2 Å². The summed E-state index contributed by atoms with van der Waals surface area (Å²) in [5.74, 6) is 0.848. The summed E-state index contributed by atoms with van der Waals surface area (Å²) >= 11 is 1.89. The third-order valence-electron chi connectivity index (χ3n) is 4.62. The normalized spacial score (nSPS) is 30.1. The number of rotatable bonds is 2. The average molecular weight is 272 g/mol. The van der Waals surface area contributed by atoms with Crippen molar-refractivity contribution in [1.82, 2.24) is 10.3 Å². The van der Waals surface area contributed by atoms with E-state index in [0.717, 1.165) is 18.0 Å². The highest BCUT2D eigenvalue weighted by atomic mass is 32.1. The van der Waals surface area contributed by atoms with Crippen molar-refractivity contribution in [1.29, 1.82) is 0 Å². The molecule has 2 aliphatic heterocycles. The molecular weight excluding hydrogens is 252 g/mol. The molecule has 1 aromatic carbocycles. The van der Waals surface area contributed by atoms with E-state index in [1.807, 2.05) is 11.3 Å². The Kier molecular flexibility index (Phi) is 2.85. The molecule has 2 nitrogen and oxygen atoms in total. The van der Waals surface area contributed by atoms with E-state index in [2.05, 4.69) is 30.4 Å². The van der Waals surface area contributed by atoms with Crippen molar-refractivity contribution in [3.8, 4) is 0 Å². The number of benzene rings is 1. The monoisotopic (exact) mass is 272 g/mol. The van der Waals surface area contributed by atoms with Crippen LogP contribution in [0, 0.1) is 12.8 Å². The van der Waals surface area contributed by atoms with Gasteiger partial charge in [-0.3, -0.25) is 0 Å². The molecule has 4 rings (SSSR count). The van der Waals surface area contributed by atoms with Gasteiger partial charge in [0.2, 0.25) is 0 Å². The standard InChI is InChI=1S/C16H20N2S/c1-10-2-5-15-14(6-10)18-16(19-15)9-11-7-12-3-4-13(8-11)17-12/h2,5-6,11-13,17H,3-4,7-9H2,1H3. The first-order valence-electron chi connectivity index (χ1n) is 7.38. The summed E-state index contributed by atoms with van der Waals surface area (Å²) in [4.78, 5) is 4.84. The number of piperidine rings is 1. The summed E-state index contributed by atoms with van der Waals surface area (Å²) in [5.41, 5.74) is 2.50. The Hall–Kier alpha value is -0.930. The van der Waals surface area contributed by atoms with Crippen molar-refractivity contribution in [2.24, 2.45) is 5.92 Å². The molecule has 100 valence electrons. The number of aryl methyl sites for hydroxylation is 1. The van der Waals surface area contributed by atoms with E-state index in [4.69, 9.17) is 4.98 Å². The van der Waals surface area contributed by atoms with E-state index < -0.39 is 0 Å². The van der Waals surface area contributed by atoms with Crippen LogP contribution in [0.4, 0.5) is 0 Å². The van der Waals surface area contributed by atoms with Gasteiger partial charge in [0, 0.05) is 18.5 Å². The van der Waals surface area contributed by atoms with Gasteiger partial charge in [-0.15, -0.1) is 11.3 Å². The van der Waals surface area contributed by atoms with Gasteiger partial charge in [-0.05, 0) is 56.2 Å². The van der Waals surface area contributed by atoms with Gasteiger partial charge in [0.05, 0.1) is 15.2 Å². The molecular formula is C16H20N2S. The van der Waals surface area contributed by atoms with Gasteiger partial charge in [-0.2, -0.15) is 0 Å². The molecule has 2 fully saturated rings. The molecule has 2 saturated heterocycles. The summed E-state index contributed by atoms with van der Waals surface area (Å²) in [5, 5.41) is 5.06. The van der Waals surface area contributed by atoms with Crippen LogP contribution >= 0.6 is 11.3 Å². The lowest BCUT2D eigenvalue weighted by Crippen LogP contribution is -2.38. The zero-order valence-electron chi connectivity index (χ0n) is 11.4. The second-order valence-corrected chi connectivity index (χ2v) is 7.37. The van der Waals surface area contributed by atoms with Crippen LogP contribution in [-0.2, 0) is 6.42 Å². The summed E-state index contributed by atoms with van der Waals surface area (Å²) in [6.45, 7) is 2.14. The first kappa shape index (κ1) is 11.9. The molecule has 2 atom stereocenters. The molecule has 2 bridgehead atoms. The number of nitrogens with zero attached hydrogens (tertiary/aromatic N) is 1. The second kappa shape index (κ2) is 4.57. The van der Waals surface area contributed by atoms with E-state index in [-0.39, 0.29) is 0 Å². The fraction of sp³-hybridized carbons (Fsp3) is 0.562. The Labute approximate surface area is 118 Å². The molecule has 0 aliphatic carbocycles. The van der Waals surface area contributed by atoms with E-state index in [0.29, 0.717) is 0 Å². The summed E-state index contributed by atoms with van der Waals surface area (Å²) in [6.07, 6.45) is 6.67. The number of fused-ring (bicyclic) bond motifs is 3. The number of hydrogen-bond donors (Lipinski definition) is 1. The third kappa shape index (κ3) is 2.30.